The number of amides is 1. The number of hydrogen-bond donors (Lipinski definition) is 1. The standard InChI is InChI=1S/C20H32N2O3.ClH/c1-2-3-8-15-24-19-11-9-10-18(17-19)21-20(23)25-16-14-22-12-6-4-5-7-13-22;/h9-11,17H,2-8,12-16H2,1H3,(H,21,23);1H. The zero-order valence-electron chi connectivity index (χ0n) is 15.9. The molecule has 5 nitrogen and oxygen atoms in total. The third kappa shape index (κ3) is 9.30. The predicted octanol–water partition coefficient (Wildman–Crippen LogP) is 5.10. The number of nitrogens with one attached hydrogen (secondary N) is 1. The maximum Gasteiger partial charge on any atom is 0.411 e. The van der Waals surface area contributed by atoms with E-state index in [-0.39, 0.29) is 12.4 Å². The van der Waals surface area contributed by atoms with Crippen LogP contribution in [0.2, 0.25) is 0 Å². The molecule has 0 unspecified atom stereocenters. The monoisotopic (exact) mass is 384 g/mol. The quantitative estimate of drug-likeness (QED) is 0.601. The van der Waals surface area contributed by atoms with Gasteiger partial charge in [-0.3, -0.25) is 10.2 Å². The summed E-state index contributed by atoms with van der Waals surface area (Å²) in [6.45, 7) is 6.35. The summed E-state index contributed by atoms with van der Waals surface area (Å²) in [6.07, 6.45) is 8.11. The fourth-order valence-electron chi connectivity index (χ4n) is 2.99. The first-order valence-electron chi connectivity index (χ1n) is 9.67. The summed E-state index contributed by atoms with van der Waals surface area (Å²) in [5.74, 6) is 0.776. The molecule has 0 radical (unpaired) electrons. The van der Waals surface area contributed by atoms with Crippen molar-refractivity contribution in [3.8, 4) is 5.75 Å². The Balaban J connectivity index is 0.00000338. The zero-order valence-corrected chi connectivity index (χ0v) is 16.7. The van der Waals surface area contributed by atoms with Crippen LogP contribution >= 0.6 is 12.4 Å². The van der Waals surface area contributed by atoms with Crippen molar-refractivity contribution in [2.75, 3.05) is 38.2 Å². The smallest absolute Gasteiger partial charge is 0.411 e. The number of nitrogens with zero attached hydrogens (tertiary/aromatic N) is 1. The van der Waals surface area contributed by atoms with E-state index in [9.17, 15) is 4.79 Å². The molecule has 1 aromatic carbocycles. The molecule has 1 saturated heterocycles. The Morgan fingerprint density at radius 3 is 2.62 bits per heavy atom. The van der Waals surface area contributed by atoms with Crippen LogP contribution in [0, 0.1) is 0 Å². The van der Waals surface area contributed by atoms with Crippen molar-refractivity contribution in [2.45, 2.75) is 51.9 Å². The summed E-state index contributed by atoms with van der Waals surface area (Å²) in [6, 6.07) is 7.46. The maximum absolute atomic E-state index is 11.9. The Kier molecular flexibility index (Phi) is 11.9. The number of halogens is 1. The topological polar surface area (TPSA) is 50.8 Å². The van der Waals surface area contributed by atoms with Gasteiger partial charge < -0.3 is 9.47 Å². The number of benzene rings is 1. The molecule has 0 bridgehead atoms. The molecule has 6 heteroatoms. The first-order valence-corrected chi connectivity index (χ1v) is 9.67. The Bertz CT molecular complexity index is 506. The number of likely N-dealkylation sites (tertiary alicyclic amines) is 1. The van der Waals surface area contributed by atoms with Crippen molar-refractivity contribution < 1.29 is 14.3 Å². The lowest BCUT2D eigenvalue weighted by molar-refractivity contribution is 0.140. The second kappa shape index (κ2) is 13.7. The van der Waals surface area contributed by atoms with E-state index in [4.69, 9.17) is 9.47 Å². The number of carbonyl (C=O) groups excluding carboxylic acids is 1. The van der Waals surface area contributed by atoms with E-state index < -0.39 is 6.09 Å². The van der Waals surface area contributed by atoms with Gasteiger partial charge in [-0.2, -0.15) is 0 Å². The highest BCUT2D eigenvalue weighted by molar-refractivity contribution is 5.85. The van der Waals surface area contributed by atoms with Crippen LogP contribution in [0.15, 0.2) is 24.3 Å². The summed E-state index contributed by atoms with van der Waals surface area (Å²) in [7, 11) is 0. The molecule has 1 heterocycles. The molecule has 1 aliphatic rings. The molecule has 1 aromatic rings. The lowest BCUT2D eigenvalue weighted by Gasteiger charge is -2.19. The van der Waals surface area contributed by atoms with Crippen LogP contribution < -0.4 is 10.1 Å². The van der Waals surface area contributed by atoms with E-state index in [1.165, 1.54) is 38.5 Å². The molecule has 1 fully saturated rings. The third-order valence-electron chi connectivity index (χ3n) is 4.44. The van der Waals surface area contributed by atoms with Gasteiger partial charge in [0.25, 0.3) is 0 Å². The Hall–Kier alpha value is -1.46. The normalized spacial score (nSPS) is 14.8. The second-order valence-corrected chi connectivity index (χ2v) is 6.60. The van der Waals surface area contributed by atoms with Gasteiger partial charge in [0.15, 0.2) is 0 Å². The summed E-state index contributed by atoms with van der Waals surface area (Å²) >= 11 is 0. The number of rotatable bonds is 9. The van der Waals surface area contributed by atoms with Gasteiger partial charge >= 0.3 is 6.09 Å². The van der Waals surface area contributed by atoms with Crippen molar-refractivity contribution >= 4 is 24.2 Å². The summed E-state index contributed by atoms with van der Waals surface area (Å²) < 4.78 is 11.0. The van der Waals surface area contributed by atoms with Gasteiger partial charge in [-0.25, -0.2) is 4.79 Å². The molecule has 2 rings (SSSR count). The Morgan fingerprint density at radius 2 is 1.88 bits per heavy atom. The molecule has 26 heavy (non-hydrogen) atoms. The van der Waals surface area contributed by atoms with Crippen molar-refractivity contribution in [3.05, 3.63) is 24.3 Å². The highest BCUT2D eigenvalue weighted by Crippen LogP contribution is 2.18. The van der Waals surface area contributed by atoms with E-state index in [1.807, 2.05) is 24.3 Å². The summed E-state index contributed by atoms with van der Waals surface area (Å²) in [5.41, 5.74) is 0.702. The average molecular weight is 385 g/mol. The van der Waals surface area contributed by atoms with Crippen LogP contribution in [0.4, 0.5) is 10.5 Å². The number of ether oxygens (including phenoxy) is 2. The van der Waals surface area contributed by atoms with E-state index in [0.717, 1.165) is 31.8 Å². The van der Waals surface area contributed by atoms with Gasteiger partial charge in [-0.05, 0) is 44.5 Å². The first kappa shape index (κ1) is 22.6. The van der Waals surface area contributed by atoms with Crippen LogP contribution in [0.3, 0.4) is 0 Å². The molecule has 0 atom stereocenters. The van der Waals surface area contributed by atoms with Crippen LogP contribution in [0.5, 0.6) is 5.75 Å². The van der Waals surface area contributed by atoms with E-state index in [1.54, 1.807) is 0 Å². The minimum Gasteiger partial charge on any atom is -0.494 e. The number of carbonyl (C=O) groups is 1. The molecule has 148 valence electrons. The van der Waals surface area contributed by atoms with Crippen molar-refractivity contribution in [2.24, 2.45) is 0 Å². The van der Waals surface area contributed by atoms with Gasteiger partial charge in [0, 0.05) is 18.3 Å². The molecule has 0 spiro atoms. The maximum atomic E-state index is 11.9. The molecular formula is C20H33ClN2O3. The molecule has 1 amide bonds. The minimum atomic E-state index is -0.405. The third-order valence-corrected chi connectivity index (χ3v) is 4.44. The van der Waals surface area contributed by atoms with Crippen LogP contribution in [-0.4, -0.2) is 43.8 Å². The molecule has 0 aromatic heterocycles. The van der Waals surface area contributed by atoms with Gasteiger partial charge in [0.1, 0.15) is 12.4 Å². The lowest BCUT2D eigenvalue weighted by atomic mass is 10.2. The fourth-order valence-corrected chi connectivity index (χ4v) is 2.99. The minimum absolute atomic E-state index is 0. The highest BCUT2D eigenvalue weighted by atomic mass is 35.5. The second-order valence-electron chi connectivity index (χ2n) is 6.60. The van der Waals surface area contributed by atoms with Gasteiger partial charge in [-0.1, -0.05) is 38.7 Å². The van der Waals surface area contributed by atoms with E-state index in [2.05, 4.69) is 17.1 Å². The van der Waals surface area contributed by atoms with Crippen LogP contribution in [0.1, 0.15) is 51.9 Å². The zero-order chi connectivity index (χ0) is 17.7. The average Bonchev–Trinajstić information content (AvgIpc) is 2.88. The van der Waals surface area contributed by atoms with Crippen molar-refractivity contribution in [1.29, 1.82) is 0 Å². The van der Waals surface area contributed by atoms with Crippen molar-refractivity contribution in [1.82, 2.24) is 4.90 Å². The van der Waals surface area contributed by atoms with Crippen LogP contribution in [-0.2, 0) is 4.74 Å². The van der Waals surface area contributed by atoms with E-state index >= 15 is 0 Å². The number of hydrogen-bond acceptors (Lipinski definition) is 4. The van der Waals surface area contributed by atoms with Gasteiger partial charge in [-0.15, -0.1) is 12.4 Å². The summed E-state index contributed by atoms with van der Waals surface area (Å²) in [4.78, 5) is 14.3. The molecular weight excluding hydrogens is 352 g/mol. The Morgan fingerprint density at radius 1 is 1.12 bits per heavy atom. The first-order chi connectivity index (χ1) is 12.3. The van der Waals surface area contributed by atoms with Gasteiger partial charge in [0.2, 0.25) is 0 Å². The number of unbranched alkanes of at least 4 members (excludes halogenated alkanes) is 2. The fraction of sp³-hybridized carbons (Fsp3) is 0.650. The molecule has 1 N–H and O–H groups in total. The van der Waals surface area contributed by atoms with E-state index in [0.29, 0.717) is 18.9 Å². The molecule has 1 aliphatic heterocycles. The van der Waals surface area contributed by atoms with Crippen molar-refractivity contribution in [3.63, 3.8) is 0 Å². The Labute approximate surface area is 163 Å². The SMILES string of the molecule is CCCCCOc1cccc(NC(=O)OCCN2CCCCCC2)c1.Cl. The predicted molar refractivity (Wildman–Crippen MR) is 109 cm³/mol. The molecule has 0 saturated carbocycles. The lowest BCUT2D eigenvalue weighted by Crippen LogP contribution is -2.30. The highest BCUT2D eigenvalue weighted by Gasteiger charge is 2.10. The summed E-state index contributed by atoms with van der Waals surface area (Å²) in [5, 5.41) is 2.77. The molecule has 0 aliphatic carbocycles. The van der Waals surface area contributed by atoms with Crippen LogP contribution in [0.25, 0.3) is 0 Å². The van der Waals surface area contributed by atoms with Gasteiger partial charge in [0.05, 0.1) is 6.61 Å². The number of anilines is 1. The largest absolute Gasteiger partial charge is 0.494 e.